The quantitative estimate of drug-likeness (QED) is 0.537. The normalized spacial score (nSPS) is 19.1. The zero-order valence-electron chi connectivity index (χ0n) is 16.3. The average Bonchev–Trinajstić information content (AvgIpc) is 2.97. The van der Waals surface area contributed by atoms with Crippen molar-refractivity contribution in [2.24, 2.45) is 4.99 Å². The van der Waals surface area contributed by atoms with Crippen molar-refractivity contribution in [3.63, 3.8) is 0 Å². The maximum atomic E-state index is 8.01. The minimum absolute atomic E-state index is 0.467. The third kappa shape index (κ3) is 4.36. The second kappa shape index (κ2) is 8.63. The fraction of sp³-hybridized carbons (Fsp3) is 0.400. The number of allylic oxidation sites excluding steroid dienone is 1. The summed E-state index contributed by atoms with van der Waals surface area (Å²) >= 11 is 1.39. The number of nitrogens with one attached hydrogen (secondary N) is 3. The van der Waals surface area contributed by atoms with Crippen LogP contribution < -0.4 is 15.5 Å². The van der Waals surface area contributed by atoms with E-state index in [9.17, 15) is 0 Å². The molecule has 27 heavy (non-hydrogen) atoms. The van der Waals surface area contributed by atoms with Gasteiger partial charge >= 0.3 is 0 Å². The monoisotopic (exact) mass is 384 g/mol. The van der Waals surface area contributed by atoms with Crippen LogP contribution in [0.15, 0.2) is 52.0 Å². The van der Waals surface area contributed by atoms with Gasteiger partial charge in [0.2, 0.25) is 0 Å². The molecular formula is C20H28N6S. The van der Waals surface area contributed by atoms with Crippen LogP contribution in [0.4, 0.5) is 5.69 Å². The van der Waals surface area contributed by atoms with Gasteiger partial charge in [-0.15, -0.1) is 0 Å². The molecule has 1 fully saturated rings. The predicted octanol–water partition coefficient (Wildman–Crippen LogP) is 2.27. The van der Waals surface area contributed by atoms with Crippen molar-refractivity contribution < 1.29 is 0 Å². The highest BCUT2D eigenvalue weighted by atomic mass is 32.2. The van der Waals surface area contributed by atoms with E-state index < -0.39 is 0 Å². The summed E-state index contributed by atoms with van der Waals surface area (Å²) in [4.78, 5) is 10.1. The van der Waals surface area contributed by atoms with E-state index in [1.165, 1.54) is 23.0 Å². The number of rotatable bonds is 5. The van der Waals surface area contributed by atoms with E-state index in [1.807, 2.05) is 7.05 Å². The molecule has 2 aliphatic heterocycles. The summed E-state index contributed by atoms with van der Waals surface area (Å²) in [5, 5.41) is 15.0. The van der Waals surface area contributed by atoms with Gasteiger partial charge in [-0.2, -0.15) is 0 Å². The zero-order chi connectivity index (χ0) is 19.4. The fourth-order valence-electron chi connectivity index (χ4n) is 3.23. The molecule has 7 heteroatoms. The number of thioether (sulfide) groups is 1. The number of nitrogens with zero attached hydrogens (tertiary/aromatic N) is 3. The second-order valence-corrected chi connectivity index (χ2v) is 7.77. The van der Waals surface area contributed by atoms with Gasteiger partial charge in [0.15, 0.2) is 0 Å². The Morgan fingerprint density at radius 1 is 1.22 bits per heavy atom. The Balaban J connectivity index is 1.63. The Labute approximate surface area is 165 Å². The summed E-state index contributed by atoms with van der Waals surface area (Å²) < 4.78 is 0. The van der Waals surface area contributed by atoms with Gasteiger partial charge in [0.25, 0.3) is 0 Å². The highest BCUT2D eigenvalue weighted by Gasteiger charge is 2.26. The molecule has 0 radical (unpaired) electrons. The van der Waals surface area contributed by atoms with Crippen LogP contribution in [0.5, 0.6) is 0 Å². The molecule has 0 atom stereocenters. The van der Waals surface area contributed by atoms with Gasteiger partial charge in [-0.25, -0.2) is 0 Å². The molecule has 6 nitrogen and oxygen atoms in total. The minimum Gasteiger partial charge on any atom is -0.387 e. The summed E-state index contributed by atoms with van der Waals surface area (Å²) in [5.74, 6) is 0.788. The smallest absolute Gasteiger partial charge is 0.137 e. The van der Waals surface area contributed by atoms with Crippen LogP contribution in [0.3, 0.4) is 0 Å². The van der Waals surface area contributed by atoms with Crippen LogP contribution in [-0.4, -0.2) is 63.1 Å². The summed E-state index contributed by atoms with van der Waals surface area (Å²) in [7, 11) is 5.79. The van der Waals surface area contributed by atoms with E-state index in [-0.39, 0.29) is 0 Å². The Hall–Kier alpha value is -2.25. The van der Waals surface area contributed by atoms with Gasteiger partial charge in [-0.3, -0.25) is 10.4 Å². The lowest BCUT2D eigenvalue weighted by atomic mass is 10.1. The average molecular weight is 385 g/mol. The third-order valence-corrected chi connectivity index (χ3v) is 6.01. The summed E-state index contributed by atoms with van der Waals surface area (Å²) in [6.45, 7) is 9.05. The van der Waals surface area contributed by atoms with Crippen molar-refractivity contribution in [3.05, 3.63) is 52.6 Å². The highest BCUT2D eigenvalue weighted by molar-refractivity contribution is 8.18. The largest absolute Gasteiger partial charge is 0.387 e. The molecule has 0 aliphatic carbocycles. The lowest BCUT2D eigenvalue weighted by Gasteiger charge is -2.34. The van der Waals surface area contributed by atoms with E-state index in [2.05, 4.69) is 63.3 Å². The van der Waals surface area contributed by atoms with Crippen molar-refractivity contribution in [1.82, 2.24) is 15.5 Å². The molecule has 3 N–H and O–H groups in total. The highest BCUT2D eigenvalue weighted by Crippen LogP contribution is 2.35. The lowest BCUT2D eigenvalue weighted by molar-refractivity contribution is 0.313. The molecule has 0 aromatic heterocycles. The molecule has 3 rings (SSSR count). The van der Waals surface area contributed by atoms with E-state index in [4.69, 9.17) is 5.41 Å². The number of hydrogen-bond acceptors (Lipinski definition) is 6. The number of benzene rings is 1. The van der Waals surface area contributed by atoms with Crippen molar-refractivity contribution >= 4 is 28.3 Å². The van der Waals surface area contributed by atoms with Gasteiger partial charge in [-0.05, 0) is 24.7 Å². The van der Waals surface area contributed by atoms with Crippen LogP contribution in [0.1, 0.15) is 5.56 Å². The number of piperazine rings is 1. The van der Waals surface area contributed by atoms with Gasteiger partial charge in [0.1, 0.15) is 10.9 Å². The van der Waals surface area contributed by atoms with E-state index >= 15 is 0 Å². The molecule has 0 spiro atoms. The first-order valence-corrected chi connectivity index (χ1v) is 9.96. The summed E-state index contributed by atoms with van der Waals surface area (Å²) in [6, 6.07) is 8.74. The SMILES string of the molecule is C=C1C(=N)SC(C(=NC)NCc2ccc(N3CCN(C)CC3)cc2)=C1NC. The molecule has 2 aliphatic rings. The molecular weight excluding hydrogens is 356 g/mol. The number of likely N-dealkylation sites (N-methyl/N-ethyl adjacent to an activating group) is 2. The number of anilines is 1. The van der Waals surface area contributed by atoms with Crippen molar-refractivity contribution in [3.8, 4) is 0 Å². The molecule has 1 aromatic rings. The van der Waals surface area contributed by atoms with Crippen LogP contribution in [0, 0.1) is 5.41 Å². The molecule has 0 amide bonds. The van der Waals surface area contributed by atoms with Crippen LogP contribution >= 0.6 is 11.8 Å². The van der Waals surface area contributed by atoms with Gasteiger partial charge in [0, 0.05) is 58.1 Å². The standard InChI is InChI=1S/C20H28N6S/c1-14-17(22-2)18(27-19(14)21)20(23-3)24-13-15-5-7-16(8-6-15)26-11-9-25(4)10-12-26/h5-8,21-22H,1,9-13H2,2-4H3,(H,23,24). The predicted molar refractivity (Wildman–Crippen MR) is 117 cm³/mol. The fourth-order valence-corrected chi connectivity index (χ4v) is 4.25. The Morgan fingerprint density at radius 2 is 1.89 bits per heavy atom. The Bertz CT molecular complexity index is 772. The molecule has 0 unspecified atom stereocenters. The first-order chi connectivity index (χ1) is 13.0. The molecule has 2 heterocycles. The molecule has 0 bridgehead atoms. The maximum Gasteiger partial charge on any atom is 0.137 e. The van der Waals surface area contributed by atoms with Crippen LogP contribution in [0.25, 0.3) is 0 Å². The Morgan fingerprint density at radius 3 is 2.48 bits per heavy atom. The number of aliphatic imine (C=N–C) groups is 1. The number of hydrogen-bond donors (Lipinski definition) is 3. The first kappa shape index (κ1) is 19.5. The maximum absolute atomic E-state index is 8.01. The molecule has 1 saturated heterocycles. The number of amidine groups is 1. The van der Waals surface area contributed by atoms with Crippen molar-refractivity contribution in [2.75, 3.05) is 52.2 Å². The lowest BCUT2D eigenvalue weighted by Crippen LogP contribution is -2.44. The molecule has 1 aromatic carbocycles. The molecule has 144 valence electrons. The van der Waals surface area contributed by atoms with Gasteiger partial charge in [-0.1, -0.05) is 30.5 Å². The van der Waals surface area contributed by atoms with Gasteiger partial charge in [0.05, 0.1) is 10.6 Å². The van der Waals surface area contributed by atoms with Gasteiger partial charge < -0.3 is 20.4 Å². The Kier molecular flexibility index (Phi) is 6.23. The van der Waals surface area contributed by atoms with E-state index in [0.29, 0.717) is 11.6 Å². The topological polar surface area (TPSA) is 66.8 Å². The van der Waals surface area contributed by atoms with Crippen LogP contribution in [-0.2, 0) is 6.54 Å². The third-order valence-electron chi connectivity index (χ3n) is 4.96. The second-order valence-electron chi connectivity index (χ2n) is 6.75. The summed E-state index contributed by atoms with van der Waals surface area (Å²) in [5.41, 5.74) is 4.09. The zero-order valence-corrected chi connectivity index (χ0v) is 17.1. The molecule has 0 saturated carbocycles. The first-order valence-electron chi connectivity index (χ1n) is 9.15. The van der Waals surface area contributed by atoms with Crippen molar-refractivity contribution in [1.29, 1.82) is 5.41 Å². The van der Waals surface area contributed by atoms with E-state index in [1.54, 1.807) is 7.05 Å². The summed E-state index contributed by atoms with van der Waals surface area (Å²) in [6.07, 6.45) is 0. The van der Waals surface area contributed by atoms with E-state index in [0.717, 1.165) is 48.2 Å². The van der Waals surface area contributed by atoms with Crippen LogP contribution in [0.2, 0.25) is 0 Å². The van der Waals surface area contributed by atoms with Crippen molar-refractivity contribution in [2.45, 2.75) is 6.54 Å². The minimum atomic E-state index is 0.467.